The van der Waals surface area contributed by atoms with Crippen molar-refractivity contribution in [3.8, 4) is 0 Å². The van der Waals surface area contributed by atoms with Gasteiger partial charge in [0.2, 0.25) is 0 Å². The maximum atomic E-state index is 12.0. The molecule has 17 heteroatoms. The molecule has 0 aromatic carbocycles. The molecular formula is C12Co5O12. The van der Waals surface area contributed by atoms with Gasteiger partial charge in [0.05, 0.1) is 0 Å². The van der Waals surface area contributed by atoms with Crippen LogP contribution < -0.4 is 0 Å². The van der Waals surface area contributed by atoms with Gasteiger partial charge >= 0.3 is 114 Å². The number of rotatable bonds is 0. The summed E-state index contributed by atoms with van der Waals surface area (Å²) in [6, 6.07) is 0. The third-order valence-corrected chi connectivity index (χ3v) is 18.5. The van der Waals surface area contributed by atoms with E-state index in [-0.39, 0.29) is 67.1 Å². The summed E-state index contributed by atoms with van der Waals surface area (Å²) in [5, 5.41) is 0. The van der Waals surface area contributed by atoms with Gasteiger partial charge in [-0.3, -0.25) is 0 Å². The molecule has 0 saturated carbocycles. The Bertz CT molecular complexity index is 3210. The van der Waals surface area contributed by atoms with Crippen LogP contribution in [0, 0.1) is 0 Å². The van der Waals surface area contributed by atoms with Crippen molar-refractivity contribution in [1.82, 2.24) is 0 Å². The topological polar surface area (TPSA) is 205 Å². The third kappa shape index (κ3) is 0.839. The van der Waals surface area contributed by atoms with Crippen molar-refractivity contribution in [2.75, 3.05) is 0 Å². The zero-order chi connectivity index (χ0) is 20.8. The molecule has 0 unspecified atom stereocenters. The van der Waals surface area contributed by atoms with Gasteiger partial charge in [-0.1, -0.05) is 0 Å². The van der Waals surface area contributed by atoms with Crippen LogP contribution in [-0.4, -0.2) is 57.9 Å². The monoisotopic (exact) mass is 631 g/mol. The van der Waals surface area contributed by atoms with Crippen molar-refractivity contribution in [2.24, 2.45) is 0 Å². The van der Waals surface area contributed by atoms with E-state index in [4.69, 9.17) is 0 Å². The molecule has 0 aliphatic heterocycles. The minimum atomic E-state index is -15.4. The Morgan fingerprint density at radius 3 is 0.310 bits per heavy atom. The normalized spacial score (nSPS) is 22.3. The van der Waals surface area contributed by atoms with Crippen LogP contribution in [0.4, 0.5) is 0 Å². The van der Waals surface area contributed by atoms with Gasteiger partial charge in [0.15, 0.2) is 0 Å². The van der Waals surface area contributed by atoms with E-state index >= 15 is 0 Å². The molecular weight excluding hydrogens is 631 g/mol. The Labute approximate surface area is 180 Å². The zero-order valence-electron chi connectivity index (χ0n) is 12.6. The first-order chi connectivity index (χ1) is 10.9. The summed E-state index contributed by atoms with van der Waals surface area (Å²) >= 11 is 0. The van der Waals surface area contributed by atoms with Crippen LogP contribution in [0.3, 0.4) is 0 Å². The summed E-state index contributed by atoms with van der Waals surface area (Å²) < 4.78 is -15.4. The molecule has 0 bridgehead atoms. The van der Waals surface area contributed by atoms with Crippen molar-refractivity contribution in [3.05, 3.63) is 0 Å². The second kappa shape index (κ2) is 2.68. The van der Waals surface area contributed by atoms with Gasteiger partial charge in [-0.2, -0.15) is 0 Å². The number of hydrogen-bond donors (Lipinski definition) is 0. The van der Waals surface area contributed by atoms with E-state index in [1.54, 1.807) is 0 Å². The predicted octanol–water partition coefficient (Wildman–Crippen LogP) is -4.78. The fraction of sp³-hybridized carbons (Fsp3) is 0. The van der Waals surface area contributed by atoms with Crippen molar-refractivity contribution < 1.29 is 124 Å². The summed E-state index contributed by atoms with van der Waals surface area (Å²) in [6.45, 7) is 0. The van der Waals surface area contributed by atoms with Crippen LogP contribution in [0.5, 0.6) is 0 Å². The Morgan fingerprint density at radius 2 is 0.310 bits per heavy atom. The second-order valence-electron chi connectivity index (χ2n) is 6.32. The Hall–Kier alpha value is -2.51. The second-order valence-corrected chi connectivity index (χ2v) is 26.0. The quantitative estimate of drug-likeness (QED) is 0.247. The van der Waals surface area contributed by atoms with Crippen LogP contribution in [0.15, 0.2) is 0 Å². The molecule has 0 aliphatic carbocycles. The third-order valence-electron chi connectivity index (χ3n) is 4.49. The van der Waals surface area contributed by atoms with Gasteiger partial charge in [-0.05, 0) is 0 Å². The van der Waals surface area contributed by atoms with E-state index in [0.717, 1.165) is 0 Å². The van der Waals surface area contributed by atoms with Crippen molar-refractivity contribution in [1.29, 1.82) is 0 Å². The van der Waals surface area contributed by atoms with Crippen molar-refractivity contribution in [3.63, 3.8) is 0 Å². The van der Waals surface area contributed by atoms with Crippen LogP contribution in [-0.2, 0) is 124 Å². The summed E-state index contributed by atoms with van der Waals surface area (Å²) in [7, 11) is 0. The average Bonchev–Trinajstić information content (AvgIpc) is 2.79. The average molecular weight is 631 g/mol. The molecule has 0 aliphatic rings. The standard InChI is InChI=1S/12CO.5Co/c12*1-2;;;;;. The van der Waals surface area contributed by atoms with Crippen LogP contribution >= 0.6 is 0 Å². The Morgan fingerprint density at radius 1 is 0.241 bits per heavy atom. The van der Waals surface area contributed by atoms with E-state index in [0.29, 0.717) is 0 Å². The van der Waals surface area contributed by atoms with Gasteiger partial charge < -0.3 is 0 Å². The zero-order valence-corrected chi connectivity index (χ0v) is 17.8. The Balaban J connectivity index is -0.000000480. The molecule has 29 heavy (non-hydrogen) atoms. The molecule has 165 valence electrons. The van der Waals surface area contributed by atoms with Gasteiger partial charge in [0.25, 0.3) is 0 Å². The number of carbonyl (C=O) groups excluding carboxylic acids is 12. The molecule has 0 aromatic rings. The molecule has 0 fully saturated rings. The van der Waals surface area contributed by atoms with E-state index in [2.05, 4.69) is 0 Å². The molecule has 0 aromatic heterocycles. The summed E-state index contributed by atoms with van der Waals surface area (Å²) in [5.41, 5.74) is 0. The predicted molar refractivity (Wildman–Crippen MR) is 68.3 cm³/mol. The maximum absolute atomic E-state index is 15.4. The van der Waals surface area contributed by atoms with Gasteiger partial charge in [-0.25, -0.2) is 0 Å². The van der Waals surface area contributed by atoms with E-state index in [1.807, 2.05) is 0 Å². The molecule has 0 heterocycles. The van der Waals surface area contributed by atoms with Gasteiger partial charge in [0.1, 0.15) is 0 Å². The summed E-state index contributed by atoms with van der Waals surface area (Å²) in [5.74, 6) is 0. The first kappa shape index (κ1) is 37.3. The fourth-order valence-electron chi connectivity index (χ4n) is 0.917. The molecule has 0 rings (SSSR count). The molecule has 4 radical (unpaired) electrons. The minimum Gasteiger partial charge on any atom is 0 e. The van der Waals surface area contributed by atoms with Crippen LogP contribution in [0.2, 0.25) is 0 Å². The largest absolute Gasteiger partial charge is 0 e. The molecule has 0 N–H and O–H groups in total. The van der Waals surface area contributed by atoms with E-state index in [9.17, 15) is 57.5 Å². The van der Waals surface area contributed by atoms with Crippen molar-refractivity contribution >= 4 is 57.9 Å². The molecule has 0 spiro atoms. The molecule has 12 nitrogen and oxygen atoms in total. The number of hydrogen-bond acceptors (Lipinski definition) is 12. The first-order valence-corrected chi connectivity index (χ1v) is 10.7. The SMILES string of the molecule is O=[C]=[Co](=[C]=O)(=[C]=O)(=[C]=O)(=[C]=O)(=[C]=O)(=[C]=O)(=[C]=O)(=[C]=O)(=[C]=O)(=[C]=O)=[C]=O.[Co].[Co].[Co].[Co]. The molecule has 0 amide bonds. The van der Waals surface area contributed by atoms with Crippen LogP contribution in [0.1, 0.15) is 0 Å². The maximum Gasteiger partial charge on any atom is 0 e. The fourth-order valence-corrected chi connectivity index (χ4v) is 3.78. The van der Waals surface area contributed by atoms with Gasteiger partial charge in [0, 0.05) is 67.1 Å². The minimum absolute atomic E-state index is 0. The summed E-state index contributed by atoms with van der Waals surface area (Å²) in [6.07, 6.45) is 0. The first-order valence-electron chi connectivity index (χ1n) is 4.45. The van der Waals surface area contributed by atoms with Gasteiger partial charge in [-0.15, -0.1) is 0 Å². The van der Waals surface area contributed by atoms with Crippen LogP contribution in [0.25, 0.3) is 0 Å². The molecule has 0 saturated heterocycles. The smallest absolute Gasteiger partial charge is 0 e. The van der Waals surface area contributed by atoms with E-state index in [1.165, 1.54) is 0 Å². The molecule has 0 atom stereocenters. The Kier molecular flexibility index (Phi) is 3.45. The summed E-state index contributed by atoms with van der Waals surface area (Å²) in [4.78, 5) is 130. The van der Waals surface area contributed by atoms with Crippen molar-refractivity contribution in [2.45, 2.75) is 0 Å². The van der Waals surface area contributed by atoms with E-state index < -0.39 is 56.9 Å².